The molecule has 3 N–H and O–H groups in total. The van der Waals surface area contributed by atoms with Crippen molar-refractivity contribution >= 4 is 23.7 Å². The first-order chi connectivity index (χ1) is 17.4. The van der Waals surface area contributed by atoms with Crippen molar-refractivity contribution in [2.24, 2.45) is 0 Å². The van der Waals surface area contributed by atoms with E-state index < -0.39 is 0 Å². The number of anilines is 1. The third-order valence-electron chi connectivity index (χ3n) is 7.53. The number of phenolic OH excluding ortho intramolecular Hbond substituents is 1. The summed E-state index contributed by atoms with van der Waals surface area (Å²) in [5.74, 6) is 0.510. The number of aliphatic hydroxyl groups excluding tert-OH is 1. The topological polar surface area (TPSA) is 69.6 Å². The van der Waals surface area contributed by atoms with Crippen LogP contribution in [0.5, 0.6) is 5.75 Å². The molecule has 2 atom stereocenters. The maximum Gasteiger partial charge on any atom is 0.211 e. The van der Waals surface area contributed by atoms with Crippen molar-refractivity contribution in [1.82, 2.24) is 0 Å². The quantitative estimate of drug-likeness (QED) is 0.236. The van der Waals surface area contributed by atoms with Gasteiger partial charge in [0, 0.05) is 22.2 Å². The highest BCUT2D eigenvalue weighted by molar-refractivity contribution is 6.33. The smallest absolute Gasteiger partial charge is 0.211 e. The molecular weight excluding hydrogens is 470 g/mol. The van der Waals surface area contributed by atoms with Crippen molar-refractivity contribution in [3.05, 3.63) is 106 Å². The number of carbonyl (C=O) groups is 1. The van der Waals surface area contributed by atoms with Crippen LogP contribution >= 0.6 is 11.6 Å². The van der Waals surface area contributed by atoms with E-state index in [0.717, 1.165) is 45.4 Å². The van der Waals surface area contributed by atoms with E-state index in [1.54, 1.807) is 12.1 Å². The molecule has 36 heavy (non-hydrogen) atoms. The molecule has 1 aliphatic carbocycles. The Kier molecular flexibility index (Phi) is 6.33. The van der Waals surface area contributed by atoms with Crippen LogP contribution in [0.1, 0.15) is 41.5 Å². The van der Waals surface area contributed by atoms with Crippen LogP contribution in [0.2, 0.25) is 5.02 Å². The number of hydrogen-bond acceptors (Lipinski definition) is 3. The van der Waals surface area contributed by atoms with Gasteiger partial charge in [0.25, 0.3) is 0 Å². The number of halogens is 1. The lowest BCUT2D eigenvalue weighted by Gasteiger charge is -2.20. The van der Waals surface area contributed by atoms with Gasteiger partial charge in [-0.25, -0.2) is 0 Å². The lowest BCUT2D eigenvalue weighted by Crippen LogP contribution is -2.10. The van der Waals surface area contributed by atoms with Crippen molar-refractivity contribution in [3.63, 3.8) is 0 Å². The Balaban J connectivity index is 1.53. The number of aliphatic hydroxyl groups is 1. The molecule has 4 aromatic carbocycles. The van der Waals surface area contributed by atoms with E-state index in [1.165, 1.54) is 5.56 Å². The van der Waals surface area contributed by atoms with Gasteiger partial charge < -0.3 is 15.5 Å². The number of nitrogens with one attached hydrogen (secondary N) is 1. The molecule has 0 heterocycles. The highest BCUT2D eigenvalue weighted by atomic mass is 35.5. The van der Waals surface area contributed by atoms with Crippen LogP contribution in [0.4, 0.5) is 5.69 Å². The largest absolute Gasteiger partial charge is 0.507 e. The predicted octanol–water partition coefficient (Wildman–Crippen LogP) is 7.19. The Labute approximate surface area is 216 Å². The van der Waals surface area contributed by atoms with Gasteiger partial charge in [-0.1, -0.05) is 79.2 Å². The summed E-state index contributed by atoms with van der Waals surface area (Å²) in [6.07, 6.45) is 1.62. The summed E-state index contributed by atoms with van der Waals surface area (Å²) < 4.78 is 0. The molecule has 4 nitrogen and oxygen atoms in total. The van der Waals surface area contributed by atoms with Crippen LogP contribution in [-0.2, 0) is 16.8 Å². The van der Waals surface area contributed by atoms with Crippen LogP contribution in [0, 0.1) is 6.92 Å². The monoisotopic (exact) mass is 497 g/mol. The molecule has 4 aromatic rings. The van der Waals surface area contributed by atoms with E-state index in [0.29, 0.717) is 17.1 Å². The van der Waals surface area contributed by atoms with Gasteiger partial charge in [0.05, 0.1) is 11.6 Å². The standard InChI is InChI=1S/C31H28ClNO3/c1-19-7-8-22(13-23(19)17-34)27-16-31(27,2)26-14-25(28(32)15-29(26)33-18-35)21-11-9-20(10-12-21)24-5-3-4-6-30(24)36/h3-15,18,27,34,36H,16-17H2,1-2H3,(H,33,35). The van der Waals surface area contributed by atoms with Gasteiger partial charge in [0.15, 0.2) is 0 Å². The van der Waals surface area contributed by atoms with E-state index in [2.05, 4.69) is 36.5 Å². The van der Waals surface area contributed by atoms with Gasteiger partial charge in [0.1, 0.15) is 5.75 Å². The molecular formula is C31H28ClNO3. The molecule has 5 heteroatoms. The molecule has 0 aliphatic heterocycles. The average Bonchev–Trinajstić information content (AvgIpc) is 3.57. The second-order valence-electron chi connectivity index (χ2n) is 9.75. The van der Waals surface area contributed by atoms with Crippen LogP contribution in [0.3, 0.4) is 0 Å². The molecule has 1 amide bonds. The van der Waals surface area contributed by atoms with Crippen LogP contribution in [0.15, 0.2) is 78.9 Å². The van der Waals surface area contributed by atoms with Crippen LogP contribution in [0.25, 0.3) is 22.3 Å². The van der Waals surface area contributed by atoms with Crippen LogP contribution < -0.4 is 5.32 Å². The van der Waals surface area contributed by atoms with Gasteiger partial charge in [0.2, 0.25) is 6.41 Å². The van der Waals surface area contributed by atoms with E-state index in [-0.39, 0.29) is 23.7 Å². The van der Waals surface area contributed by atoms with E-state index in [1.807, 2.05) is 49.4 Å². The molecule has 1 aliphatic rings. The first-order valence-electron chi connectivity index (χ1n) is 12.0. The number of hydrogen-bond donors (Lipinski definition) is 3. The zero-order valence-corrected chi connectivity index (χ0v) is 21.0. The fourth-order valence-corrected chi connectivity index (χ4v) is 5.50. The highest BCUT2D eigenvalue weighted by Gasteiger charge is 2.53. The van der Waals surface area contributed by atoms with Crippen LogP contribution in [-0.4, -0.2) is 16.6 Å². The van der Waals surface area contributed by atoms with Crippen molar-refractivity contribution in [1.29, 1.82) is 0 Å². The van der Waals surface area contributed by atoms with Crippen molar-refractivity contribution in [2.75, 3.05) is 5.32 Å². The normalized spacial score (nSPS) is 18.6. The minimum atomic E-state index is -0.178. The Hall–Kier alpha value is -3.60. The third-order valence-corrected chi connectivity index (χ3v) is 7.84. The van der Waals surface area contributed by atoms with E-state index >= 15 is 0 Å². The number of para-hydroxylation sites is 1. The molecule has 0 saturated heterocycles. The predicted molar refractivity (Wildman–Crippen MR) is 145 cm³/mol. The fraction of sp³-hybridized carbons (Fsp3) is 0.194. The summed E-state index contributed by atoms with van der Waals surface area (Å²) in [5, 5.41) is 23.3. The van der Waals surface area contributed by atoms with Crippen molar-refractivity contribution < 1.29 is 15.0 Å². The summed E-state index contributed by atoms with van der Waals surface area (Å²) >= 11 is 6.71. The van der Waals surface area contributed by atoms with Gasteiger partial charge in [-0.3, -0.25) is 4.79 Å². The first-order valence-corrected chi connectivity index (χ1v) is 12.4. The summed E-state index contributed by atoms with van der Waals surface area (Å²) in [4.78, 5) is 11.4. The third kappa shape index (κ3) is 4.27. The Morgan fingerprint density at radius 1 is 1.00 bits per heavy atom. The molecule has 0 bridgehead atoms. The number of rotatable bonds is 7. The fourth-order valence-electron chi connectivity index (χ4n) is 5.22. The number of phenols is 1. The Morgan fingerprint density at radius 3 is 2.36 bits per heavy atom. The second-order valence-corrected chi connectivity index (χ2v) is 10.2. The summed E-state index contributed by atoms with van der Waals surface area (Å²) in [6, 6.07) is 25.4. The zero-order chi connectivity index (χ0) is 25.4. The molecule has 0 spiro atoms. The van der Waals surface area contributed by atoms with Crippen molar-refractivity contribution in [3.8, 4) is 28.0 Å². The summed E-state index contributed by atoms with van der Waals surface area (Å²) in [5.41, 5.74) is 8.31. The summed E-state index contributed by atoms with van der Waals surface area (Å²) in [6.45, 7) is 4.23. The van der Waals surface area contributed by atoms with Gasteiger partial charge in [-0.05, 0) is 70.8 Å². The molecule has 0 aromatic heterocycles. The molecule has 1 saturated carbocycles. The zero-order valence-electron chi connectivity index (χ0n) is 20.3. The molecule has 5 rings (SSSR count). The lowest BCUT2D eigenvalue weighted by molar-refractivity contribution is -0.105. The minimum absolute atomic E-state index is 0.0168. The van der Waals surface area contributed by atoms with E-state index in [4.69, 9.17) is 11.6 Å². The SMILES string of the molecule is Cc1ccc(C2CC2(C)c2cc(-c3ccc(-c4ccccc4O)cc3)c(Cl)cc2NC=O)cc1CO. The van der Waals surface area contributed by atoms with Crippen molar-refractivity contribution in [2.45, 2.75) is 38.2 Å². The number of aromatic hydroxyl groups is 1. The number of carbonyl (C=O) groups excluding carboxylic acids is 1. The maximum absolute atomic E-state index is 11.4. The first kappa shape index (κ1) is 24.1. The van der Waals surface area contributed by atoms with Gasteiger partial charge in [-0.15, -0.1) is 0 Å². The second kappa shape index (κ2) is 9.45. The number of benzene rings is 4. The molecule has 182 valence electrons. The van der Waals surface area contributed by atoms with Gasteiger partial charge in [-0.2, -0.15) is 0 Å². The lowest BCUT2D eigenvalue weighted by atomic mass is 9.88. The van der Waals surface area contributed by atoms with E-state index in [9.17, 15) is 15.0 Å². The van der Waals surface area contributed by atoms with Gasteiger partial charge >= 0.3 is 0 Å². The number of amides is 1. The average molecular weight is 498 g/mol. The summed E-state index contributed by atoms with van der Waals surface area (Å²) in [7, 11) is 0. The molecule has 2 unspecified atom stereocenters. The Morgan fingerprint density at radius 2 is 1.69 bits per heavy atom. The minimum Gasteiger partial charge on any atom is -0.507 e. The molecule has 0 radical (unpaired) electrons. The maximum atomic E-state index is 11.4. The number of aryl methyl sites for hydroxylation is 1. The molecule has 1 fully saturated rings. The highest BCUT2D eigenvalue weighted by Crippen LogP contribution is 2.62. The Bertz CT molecular complexity index is 1450.